The predicted molar refractivity (Wildman–Crippen MR) is 61.9 cm³/mol. The Morgan fingerprint density at radius 1 is 1.35 bits per heavy atom. The van der Waals surface area contributed by atoms with Crippen LogP contribution in [0.25, 0.3) is 5.69 Å². The van der Waals surface area contributed by atoms with Crippen molar-refractivity contribution in [2.45, 2.75) is 19.3 Å². The van der Waals surface area contributed by atoms with E-state index in [1.807, 2.05) is 24.3 Å². The van der Waals surface area contributed by atoms with Crippen LogP contribution in [0.15, 0.2) is 36.7 Å². The van der Waals surface area contributed by atoms with Crippen LogP contribution in [0.5, 0.6) is 0 Å². The molecule has 2 rings (SSSR count). The number of aliphatic carboxylic acids is 1. The third-order valence-corrected chi connectivity index (χ3v) is 2.50. The van der Waals surface area contributed by atoms with Crippen LogP contribution in [0, 0.1) is 0 Å². The van der Waals surface area contributed by atoms with Gasteiger partial charge in [0.1, 0.15) is 0 Å². The number of benzene rings is 1. The molecule has 1 aromatic carbocycles. The highest BCUT2D eigenvalue weighted by Gasteiger charge is 2.05. The molecule has 0 spiro atoms. The first-order chi connectivity index (χ1) is 8.27. The number of nitrogens with zero attached hydrogens (tertiary/aromatic N) is 3. The van der Waals surface area contributed by atoms with Gasteiger partial charge in [-0.15, -0.1) is 5.10 Å². The van der Waals surface area contributed by atoms with Crippen molar-refractivity contribution in [3.8, 4) is 5.69 Å². The number of para-hydroxylation sites is 1. The fourth-order valence-corrected chi connectivity index (χ4v) is 1.71. The number of aryl methyl sites for hydroxylation is 1. The molecule has 0 unspecified atom stereocenters. The first-order valence-corrected chi connectivity index (χ1v) is 5.44. The van der Waals surface area contributed by atoms with Gasteiger partial charge in [-0.25, -0.2) is 4.68 Å². The molecule has 0 saturated heterocycles. The quantitative estimate of drug-likeness (QED) is 0.850. The third-order valence-electron chi connectivity index (χ3n) is 2.50. The van der Waals surface area contributed by atoms with Gasteiger partial charge in [0.25, 0.3) is 0 Å². The van der Waals surface area contributed by atoms with Crippen molar-refractivity contribution in [2.75, 3.05) is 0 Å². The maximum absolute atomic E-state index is 10.5. The second kappa shape index (κ2) is 5.25. The summed E-state index contributed by atoms with van der Waals surface area (Å²) in [5, 5.41) is 16.3. The minimum Gasteiger partial charge on any atom is -0.481 e. The van der Waals surface area contributed by atoms with E-state index in [0.717, 1.165) is 17.7 Å². The first kappa shape index (κ1) is 11.3. The molecular weight excluding hydrogens is 218 g/mol. The van der Waals surface area contributed by atoms with E-state index in [2.05, 4.69) is 10.3 Å². The zero-order valence-electron chi connectivity index (χ0n) is 9.28. The summed E-state index contributed by atoms with van der Waals surface area (Å²) in [7, 11) is 0. The molecule has 1 heterocycles. The molecule has 0 amide bonds. The van der Waals surface area contributed by atoms with Gasteiger partial charge in [0.15, 0.2) is 0 Å². The van der Waals surface area contributed by atoms with Gasteiger partial charge in [-0.05, 0) is 24.5 Å². The summed E-state index contributed by atoms with van der Waals surface area (Å²) in [6.45, 7) is 0. The Bertz CT molecular complexity index is 494. The molecule has 1 N–H and O–H groups in total. The average Bonchev–Trinajstić information content (AvgIpc) is 2.82. The molecule has 0 atom stereocenters. The lowest BCUT2D eigenvalue weighted by Crippen LogP contribution is -2.02. The Morgan fingerprint density at radius 2 is 2.18 bits per heavy atom. The van der Waals surface area contributed by atoms with Crippen LogP contribution < -0.4 is 0 Å². The first-order valence-electron chi connectivity index (χ1n) is 5.44. The van der Waals surface area contributed by atoms with Gasteiger partial charge >= 0.3 is 5.97 Å². The molecule has 5 nitrogen and oxygen atoms in total. The third kappa shape index (κ3) is 2.90. The highest BCUT2D eigenvalue weighted by Crippen LogP contribution is 2.15. The number of hydrogen-bond acceptors (Lipinski definition) is 3. The Morgan fingerprint density at radius 3 is 2.88 bits per heavy atom. The second-order valence-electron chi connectivity index (χ2n) is 3.72. The van der Waals surface area contributed by atoms with Gasteiger partial charge in [-0.3, -0.25) is 4.79 Å². The van der Waals surface area contributed by atoms with E-state index in [-0.39, 0.29) is 6.42 Å². The van der Waals surface area contributed by atoms with E-state index >= 15 is 0 Å². The molecule has 0 radical (unpaired) electrons. The fourth-order valence-electron chi connectivity index (χ4n) is 1.71. The van der Waals surface area contributed by atoms with E-state index < -0.39 is 5.97 Å². The maximum atomic E-state index is 10.5. The van der Waals surface area contributed by atoms with Crippen LogP contribution >= 0.6 is 0 Å². The van der Waals surface area contributed by atoms with Crippen LogP contribution in [0.3, 0.4) is 0 Å². The molecule has 0 aliphatic carbocycles. The minimum absolute atomic E-state index is 0.186. The lowest BCUT2D eigenvalue weighted by molar-refractivity contribution is -0.137. The summed E-state index contributed by atoms with van der Waals surface area (Å²) in [6, 6.07) is 7.80. The summed E-state index contributed by atoms with van der Waals surface area (Å²) in [6.07, 6.45) is 4.93. The molecule has 88 valence electrons. The van der Waals surface area contributed by atoms with Crippen molar-refractivity contribution in [3.63, 3.8) is 0 Å². The van der Waals surface area contributed by atoms with E-state index in [4.69, 9.17) is 5.11 Å². The zero-order chi connectivity index (χ0) is 12.1. The number of carboxylic acids is 1. The normalized spacial score (nSPS) is 10.4. The summed E-state index contributed by atoms with van der Waals surface area (Å²) in [5.74, 6) is -0.761. The predicted octanol–water partition coefficient (Wildman–Crippen LogP) is 1.67. The van der Waals surface area contributed by atoms with Crippen LogP contribution in [0.4, 0.5) is 0 Å². The standard InChI is InChI=1S/C12H13N3O2/c16-12(17)7-3-5-10-4-1-2-6-11(10)15-9-8-13-14-15/h1-2,4,6,8-9H,3,5,7H2,(H,16,17). The highest BCUT2D eigenvalue weighted by atomic mass is 16.4. The molecule has 1 aromatic heterocycles. The smallest absolute Gasteiger partial charge is 0.303 e. The summed E-state index contributed by atoms with van der Waals surface area (Å²) in [5.41, 5.74) is 2.04. The van der Waals surface area contributed by atoms with Gasteiger partial charge in [0, 0.05) is 6.42 Å². The fraction of sp³-hybridized carbons (Fsp3) is 0.250. The summed E-state index contributed by atoms with van der Waals surface area (Å²) >= 11 is 0. The maximum Gasteiger partial charge on any atom is 0.303 e. The number of rotatable bonds is 5. The van der Waals surface area contributed by atoms with Gasteiger partial charge in [0.2, 0.25) is 0 Å². The molecule has 2 aromatic rings. The lowest BCUT2D eigenvalue weighted by atomic mass is 10.1. The summed E-state index contributed by atoms with van der Waals surface area (Å²) < 4.78 is 1.69. The zero-order valence-corrected chi connectivity index (χ0v) is 9.28. The Balaban J connectivity index is 2.14. The summed E-state index contributed by atoms with van der Waals surface area (Å²) in [4.78, 5) is 10.5. The van der Waals surface area contributed by atoms with Gasteiger partial charge in [-0.2, -0.15) is 0 Å². The van der Waals surface area contributed by atoms with Crippen molar-refractivity contribution in [1.29, 1.82) is 0 Å². The Hall–Kier alpha value is -2.17. The van der Waals surface area contributed by atoms with Gasteiger partial charge in [-0.1, -0.05) is 23.4 Å². The van der Waals surface area contributed by atoms with Crippen LogP contribution in [-0.2, 0) is 11.2 Å². The highest BCUT2D eigenvalue weighted by molar-refractivity contribution is 5.66. The molecule has 0 aliphatic heterocycles. The molecule has 0 saturated carbocycles. The average molecular weight is 231 g/mol. The van der Waals surface area contributed by atoms with Crippen LogP contribution in [-0.4, -0.2) is 26.1 Å². The number of hydrogen-bond donors (Lipinski definition) is 1. The molecule has 0 fully saturated rings. The monoisotopic (exact) mass is 231 g/mol. The lowest BCUT2D eigenvalue weighted by Gasteiger charge is -2.07. The van der Waals surface area contributed by atoms with Crippen molar-refractivity contribution in [3.05, 3.63) is 42.2 Å². The number of aromatic nitrogens is 3. The van der Waals surface area contributed by atoms with E-state index in [1.165, 1.54) is 0 Å². The molecular formula is C12H13N3O2. The van der Waals surface area contributed by atoms with Gasteiger partial charge in [0.05, 0.1) is 18.1 Å². The minimum atomic E-state index is -0.761. The van der Waals surface area contributed by atoms with Crippen molar-refractivity contribution >= 4 is 5.97 Å². The molecule has 17 heavy (non-hydrogen) atoms. The molecule has 5 heteroatoms. The largest absolute Gasteiger partial charge is 0.481 e. The molecule has 0 aliphatic rings. The van der Waals surface area contributed by atoms with Crippen molar-refractivity contribution in [2.24, 2.45) is 0 Å². The Labute approximate surface area is 98.7 Å². The van der Waals surface area contributed by atoms with E-state index in [0.29, 0.717) is 6.42 Å². The van der Waals surface area contributed by atoms with Crippen molar-refractivity contribution < 1.29 is 9.90 Å². The van der Waals surface area contributed by atoms with E-state index in [9.17, 15) is 4.79 Å². The van der Waals surface area contributed by atoms with Crippen LogP contribution in [0.2, 0.25) is 0 Å². The number of carbonyl (C=O) groups is 1. The molecule has 0 bridgehead atoms. The van der Waals surface area contributed by atoms with Crippen LogP contribution in [0.1, 0.15) is 18.4 Å². The second-order valence-corrected chi connectivity index (χ2v) is 3.72. The topological polar surface area (TPSA) is 68.0 Å². The van der Waals surface area contributed by atoms with Gasteiger partial charge < -0.3 is 5.11 Å². The van der Waals surface area contributed by atoms with E-state index in [1.54, 1.807) is 17.1 Å². The Kier molecular flexibility index (Phi) is 3.49. The van der Waals surface area contributed by atoms with Crippen molar-refractivity contribution in [1.82, 2.24) is 15.0 Å². The SMILES string of the molecule is O=C(O)CCCc1ccccc1-n1ccnn1. The number of carboxylic acid groups (broad SMARTS) is 1.